The summed E-state index contributed by atoms with van der Waals surface area (Å²) in [6.07, 6.45) is 5.04. The summed E-state index contributed by atoms with van der Waals surface area (Å²) >= 11 is 0. The molecule has 5 rings (SSSR count). The molecule has 11 heteroatoms. The van der Waals surface area contributed by atoms with Crippen molar-refractivity contribution in [1.29, 1.82) is 0 Å². The molecule has 170 valence electrons. The van der Waals surface area contributed by atoms with Gasteiger partial charge in [0.15, 0.2) is 17.3 Å². The van der Waals surface area contributed by atoms with E-state index in [2.05, 4.69) is 25.6 Å². The van der Waals surface area contributed by atoms with Crippen LogP contribution in [0.4, 0.5) is 30.8 Å². The van der Waals surface area contributed by atoms with E-state index in [1.165, 1.54) is 0 Å². The summed E-state index contributed by atoms with van der Waals surface area (Å²) in [6.45, 7) is 0.950. The van der Waals surface area contributed by atoms with Gasteiger partial charge >= 0.3 is 0 Å². The van der Waals surface area contributed by atoms with Crippen LogP contribution in [0.3, 0.4) is 0 Å². The first-order valence-corrected chi connectivity index (χ1v) is 10.7. The molecule has 3 N–H and O–H groups in total. The summed E-state index contributed by atoms with van der Waals surface area (Å²) in [5.74, 6) is -2.52. The number of anilines is 3. The second-order valence-corrected chi connectivity index (χ2v) is 8.24. The van der Waals surface area contributed by atoms with Crippen LogP contribution in [0, 0.1) is 17.5 Å². The Morgan fingerprint density at radius 1 is 1.09 bits per heavy atom. The molecule has 0 amide bonds. The zero-order chi connectivity index (χ0) is 22.2. The number of aromatic nitrogens is 4. The molecule has 2 aromatic heterocycles. The van der Waals surface area contributed by atoms with E-state index in [-0.39, 0.29) is 24.1 Å². The molecule has 2 aliphatic rings. The minimum Gasteiger partial charge on any atom is -0.393 e. The number of rotatable bonds is 5. The second kappa shape index (κ2) is 8.55. The number of aliphatic hydroxyl groups is 1. The van der Waals surface area contributed by atoms with Crippen molar-refractivity contribution in [2.45, 2.75) is 50.3 Å². The van der Waals surface area contributed by atoms with E-state index in [9.17, 15) is 18.3 Å². The Morgan fingerprint density at radius 2 is 1.84 bits per heavy atom. The lowest BCUT2D eigenvalue weighted by Gasteiger charge is -2.26. The summed E-state index contributed by atoms with van der Waals surface area (Å²) in [5.41, 5.74) is 0.458. The quantitative estimate of drug-likeness (QED) is 0.546. The normalized spacial score (nSPS) is 23.6. The van der Waals surface area contributed by atoms with Crippen LogP contribution in [-0.4, -0.2) is 50.0 Å². The SMILES string of the molecule is O[C@H]1CC[C@H](N[14c]2ncc3nc(Nc4c(F)cc(F)cc4F)n([C@H]4CCOC4)c3n2)CC1. The number of hydrogen-bond acceptors (Lipinski definition) is 7. The minimum atomic E-state index is -1.06. The summed E-state index contributed by atoms with van der Waals surface area (Å²) < 4.78 is 49.1. The fourth-order valence-corrected chi connectivity index (χ4v) is 4.30. The maximum Gasteiger partial charge on any atom is 0.224 e. The molecule has 1 aliphatic carbocycles. The first-order chi connectivity index (χ1) is 15.5. The standard InChI is InChI=1S/C21H23F3N6O2/c22-11-7-15(23)18(16(24)8-11)28-21-27-17-9-25-20(26-12-1-3-14(31)4-2-12)29-19(17)30(21)13-5-6-32-10-13/h7-9,12-14,31H,1-6,10H2,(H,27,28)(H,25,26,29)/t12-,13-,14-/m0/s1/i20+2. The van der Waals surface area contributed by atoms with E-state index in [4.69, 9.17) is 4.74 Å². The third kappa shape index (κ3) is 4.09. The van der Waals surface area contributed by atoms with Crippen LogP contribution < -0.4 is 10.6 Å². The van der Waals surface area contributed by atoms with Crippen molar-refractivity contribution in [2.75, 3.05) is 23.8 Å². The van der Waals surface area contributed by atoms with Gasteiger partial charge in [0.2, 0.25) is 11.9 Å². The molecule has 2 fully saturated rings. The number of halogens is 3. The molecular formula is C21H23F3N6O2. The third-order valence-electron chi connectivity index (χ3n) is 5.98. The summed E-state index contributed by atoms with van der Waals surface area (Å²) in [5, 5.41) is 15.7. The van der Waals surface area contributed by atoms with E-state index in [0.717, 1.165) is 25.7 Å². The van der Waals surface area contributed by atoms with Crippen LogP contribution in [0.25, 0.3) is 11.2 Å². The van der Waals surface area contributed by atoms with Crippen molar-refractivity contribution < 1.29 is 23.0 Å². The minimum absolute atomic E-state index is 0.137. The molecule has 1 atom stereocenters. The monoisotopic (exact) mass is 450 g/mol. The van der Waals surface area contributed by atoms with E-state index in [1.54, 1.807) is 10.8 Å². The fourth-order valence-electron chi connectivity index (χ4n) is 4.30. The zero-order valence-corrected chi connectivity index (χ0v) is 17.2. The van der Waals surface area contributed by atoms with Crippen molar-refractivity contribution in [2.24, 2.45) is 0 Å². The highest BCUT2D eigenvalue weighted by molar-refractivity contribution is 5.76. The first kappa shape index (κ1) is 21.0. The predicted molar refractivity (Wildman–Crippen MR) is 111 cm³/mol. The van der Waals surface area contributed by atoms with Gasteiger partial charge in [0, 0.05) is 24.8 Å². The average Bonchev–Trinajstić information content (AvgIpc) is 3.39. The van der Waals surface area contributed by atoms with Crippen LogP contribution in [0.1, 0.15) is 38.1 Å². The van der Waals surface area contributed by atoms with Gasteiger partial charge in [-0.3, -0.25) is 4.57 Å². The highest BCUT2D eigenvalue weighted by atomic mass is 19.1. The summed E-state index contributed by atoms with van der Waals surface area (Å²) in [4.78, 5) is 13.4. The number of benzene rings is 1. The van der Waals surface area contributed by atoms with Crippen LogP contribution in [0.5, 0.6) is 0 Å². The van der Waals surface area contributed by atoms with Crippen molar-refractivity contribution in [3.63, 3.8) is 0 Å². The molecule has 0 unspecified atom stereocenters. The van der Waals surface area contributed by atoms with Crippen molar-refractivity contribution in [3.8, 4) is 0 Å². The van der Waals surface area contributed by atoms with Crippen molar-refractivity contribution >= 4 is 28.7 Å². The smallest absolute Gasteiger partial charge is 0.224 e. The Bertz CT molecular complexity index is 1100. The molecule has 8 nitrogen and oxygen atoms in total. The van der Waals surface area contributed by atoms with Crippen LogP contribution >= 0.6 is 0 Å². The average molecular weight is 450 g/mol. The topological polar surface area (TPSA) is 97.1 Å². The lowest BCUT2D eigenvalue weighted by Crippen LogP contribution is -2.29. The first-order valence-electron chi connectivity index (χ1n) is 10.7. The Balaban J connectivity index is 1.51. The number of ether oxygens (including phenoxy) is 1. The number of hydrogen-bond donors (Lipinski definition) is 3. The summed E-state index contributed by atoms with van der Waals surface area (Å²) in [7, 11) is 0. The van der Waals surface area contributed by atoms with Crippen LogP contribution in [0.15, 0.2) is 18.3 Å². The van der Waals surface area contributed by atoms with Crippen molar-refractivity contribution in [1.82, 2.24) is 19.5 Å². The third-order valence-corrected chi connectivity index (χ3v) is 5.98. The molecule has 1 saturated heterocycles. The molecule has 1 saturated carbocycles. The number of nitrogens with zero attached hydrogens (tertiary/aromatic N) is 4. The van der Waals surface area contributed by atoms with Gasteiger partial charge in [-0.05, 0) is 32.1 Å². The van der Waals surface area contributed by atoms with Gasteiger partial charge in [0.25, 0.3) is 0 Å². The number of fused-ring (bicyclic) bond motifs is 1. The van der Waals surface area contributed by atoms with Crippen LogP contribution in [-0.2, 0) is 4.74 Å². The van der Waals surface area contributed by atoms with Gasteiger partial charge in [0.05, 0.1) is 24.9 Å². The maximum absolute atomic E-state index is 14.3. The van der Waals surface area contributed by atoms with E-state index in [1.807, 2.05) is 0 Å². The number of nitrogens with one attached hydrogen (secondary N) is 2. The Kier molecular flexibility index (Phi) is 5.60. The number of imidazole rings is 1. The van der Waals surface area contributed by atoms with Gasteiger partial charge in [-0.2, -0.15) is 4.98 Å². The predicted octanol–water partition coefficient (Wildman–Crippen LogP) is 3.66. The Labute approximate surface area is 181 Å². The molecule has 1 aliphatic heterocycles. The molecule has 1 aromatic carbocycles. The Morgan fingerprint density at radius 3 is 2.53 bits per heavy atom. The summed E-state index contributed by atoms with van der Waals surface area (Å²) in [6, 6.07) is 1.24. The van der Waals surface area contributed by atoms with E-state index in [0.29, 0.717) is 48.9 Å². The molecule has 0 radical (unpaired) electrons. The Hall–Kier alpha value is -2.92. The second-order valence-electron chi connectivity index (χ2n) is 8.24. The van der Waals surface area contributed by atoms with E-state index >= 15 is 0 Å². The maximum atomic E-state index is 14.3. The van der Waals surface area contributed by atoms with Gasteiger partial charge in [0.1, 0.15) is 17.0 Å². The zero-order valence-electron chi connectivity index (χ0n) is 17.2. The fraction of sp³-hybridized carbons (Fsp3) is 0.476. The van der Waals surface area contributed by atoms with Gasteiger partial charge < -0.3 is 20.5 Å². The van der Waals surface area contributed by atoms with Gasteiger partial charge in [-0.15, -0.1) is 0 Å². The van der Waals surface area contributed by atoms with Crippen molar-refractivity contribution in [3.05, 3.63) is 35.8 Å². The van der Waals surface area contributed by atoms with E-state index < -0.39 is 23.1 Å². The lowest BCUT2D eigenvalue weighted by molar-refractivity contribution is 0.126. The van der Waals surface area contributed by atoms with Crippen LogP contribution in [0.2, 0.25) is 0 Å². The van der Waals surface area contributed by atoms with Gasteiger partial charge in [-0.1, -0.05) is 0 Å². The highest BCUT2D eigenvalue weighted by Crippen LogP contribution is 2.32. The number of aliphatic hydroxyl groups excluding tert-OH is 1. The largest absolute Gasteiger partial charge is 0.393 e. The molecule has 32 heavy (non-hydrogen) atoms. The molecule has 0 spiro atoms. The lowest BCUT2D eigenvalue weighted by atomic mass is 9.94. The molecule has 3 heterocycles. The molecule has 0 bridgehead atoms. The van der Waals surface area contributed by atoms with Gasteiger partial charge in [-0.25, -0.2) is 23.1 Å². The highest BCUT2D eigenvalue weighted by Gasteiger charge is 2.27. The molecule has 3 aromatic rings. The molecular weight excluding hydrogens is 427 g/mol.